The molecule has 148 valence electrons. The Bertz CT molecular complexity index is 757. The summed E-state index contributed by atoms with van der Waals surface area (Å²) in [6, 6.07) is 0.0103. The maximum absolute atomic E-state index is 12.6. The van der Waals surface area contributed by atoms with Crippen LogP contribution in [0.15, 0.2) is 0 Å². The third-order valence-corrected chi connectivity index (χ3v) is 5.84. The Balaban J connectivity index is 1.45. The van der Waals surface area contributed by atoms with Crippen LogP contribution in [0.25, 0.3) is 0 Å². The highest BCUT2D eigenvalue weighted by Crippen LogP contribution is 2.37. The number of nitrogens with one attached hydrogen (secondary N) is 1. The lowest BCUT2D eigenvalue weighted by molar-refractivity contribution is -0.142. The molecule has 1 saturated carbocycles. The smallest absolute Gasteiger partial charge is 0.289 e. The van der Waals surface area contributed by atoms with Gasteiger partial charge in [0.25, 0.3) is 5.91 Å². The second-order valence-electron chi connectivity index (χ2n) is 8.45. The molecule has 0 radical (unpaired) electrons. The molecule has 1 atom stereocenters. The van der Waals surface area contributed by atoms with Gasteiger partial charge in [0.15, 0.2) is 5.82 Å². The second-order valence-corrected chi connectivity index (χ2v) is 8.45. The first-order valence-electron chi connectivity index (χ1n) is 9.66. The van der Waals surface area contributed by atoms with Gasteiger partial charge in [-0.15, -0.1) is 10.2 Å². The molecular weight excluding hydrogens is 350 g/mol. The van der Waals surface area contributed by atoms with Crippen molar-refractivity contribution in [3.63, 3.8) is 0 Å². The highest BCUT2D eigenvalue weighted by molar-refractivity contribution is 5.90. The summed E-state index contributed by atoms with van der Waals surface area (Å²) in [4.78, 5) is 26.8. The van der Waals surface area contributed by atoms with Crippen molar-refractivity contribution in [3.05, 3.63) is 11.6 Å². The summed E-state index contributed by atoms with van der Waals surface area (Å²) in [7, 11) is 0. The predicted molar refractivity (Wildman–Crippen MR) is 94.8 cm³/mol. The number of aliphatic hydroxyl groups is 1. The van der Waals surface area contributed by atoms with E-state index in [4.69, 9.17) is 4.74 Å². The summed E-state index contributed by atoms with van der Waals surface area (Å²) in [6.07, 6.45) is 3.26. The van der Waals surface area contributed by atoms with Crippen LogP contribution in [0.2, 0.25) is 0 Å². The van der Waals surface area contributed by atoms with Crippen molar-refractivity contribution in [3.8, 4) is 0 Å². The van der Waals surface area contributed by atoms with Gasteiger partial charge in [0.1, 0.15) is 12.2 Å². The molecule has 2 aliphatic heterocycles. The van der Waals surface area contributed by atoms with Gasteiger partial charge in [-0.2, -0.15) is 0 Å². The minimum Gasteiger partial charge on any atom is -0.389 e. The first-order chi connectivity index (χ1) is 12.8. The molecule has 2 amide bonds. The molecule has 0 bridgehead atoms. The number of aromatic nitrogens is 3. The summed E-state index contributed by atoms with van der Waals surface area (Å²) in [6.45, 7) is 5.57. The van der Waals surface area contributed by atoms with E-state index in [1.165, 1.54) is 0 Å². The highest BCUT2D eigenvalue weighted by Gasteiger charge is 2.46. The lowest BCUT2D eigenvalue weighted by Gasteiger charge is -2.37. The minimum atomic E-state index is -0.816. The van der Waals surface area contributed by atoms with Gasteiger partial charge < -0.3 is 24.6 Å². The van der Waals surface area contributed by atoms with E-state index in [9.17, 15) is 14.7 Å². The quantitative estimate of drug-likeness (QED) is 0.777. The first kappa shape index (κ1) is 18.4. The lowest BCUT2D eigenvalue weighted by Crippen LogP contribution is -2.47. The molecule has 1 aromatic heterocycles. The Labute approximate surface area is 158 Å². The fourth-order valence-electron chi connectivity index (χ4n) is 4.11. The third kappa shape index (κ3) is 3.45. The number of hydrogen-bond acceptors (Lipinski definition) is 6. The largest absolute Gasteiger partial charge is 0.389 e. The fourth-order valence-corrected chi connectivity index (χ4v) is 4.11. The van der Waals surface area contributed by atoms with Gasteiger partial charge >= 0.3 is 0 Å². The summed E-state index contributed by atoms with van der Waals surface area (Å²) >= 11 is 0. The zero-order valence-electron chi connectivity index (χ0n) is 15.9. The van der Waals surface area contributed by atoms with Crippen molar-refractivity contribution in [1.29, 1.82) is 0 Å². The Morgan fingerprint density at radius 1 is 1.26 bits per heavy atom. The summed E-state index contributed by atoms with van der Waals surface area (Å²) < 4.78 is 7.88. The van der Waals surface area contributed by atoms with E-state index in [0.29, 0.717) is 44.7 Å². The molecule has 27 heavy (non-hydrogen) atoms. The molecule has 3 aliphatic rings. The van der Waals surface area contributed by atoms with Crippen LogP contribution in [0.4, 0.5) is 0 Å². The number of likely N-dealkylation sites (tertiary alicyclic amines) is 1. The molecule has 1 spiro atoms. The second kappa shape index (κ2) is 6.56. The van der Waals surface area contributed by atoms with E-state index < -0.39 is 11.2 Å². The monoisotopic (exact) mass is 377 g/mol. The summed E-state index contributed by atoms with van der Waals surface area (Å²) in [5.74, 6) is 0.641. The van der Waals surface area contributed by atoms with Crippen LogP contribution < -0.4 is 5.32 Å². The van der Waals surface area contributed by atoms with Crippen molar-refractivity contribution >= 4 is 11.8 Å². The molecule has 2 fully saturated rings. The number of amides is 2. The first-order valence-corrected chi connectivity index (χ1v) is 9.66. The van der Waals surface area contributed by atoms with E-state index in [2.05, 4.69) is 15.5 Å². The van der Waals surface area contributed by atoms with Crippen molar-refractivity contribution in [2.45, 2.75) is 76.3 Å². The van der Waals surface area contributed by atoms with Gasteiger partial charge in [0.2, 0.25) is 11.7 Å². The van der Waals surface area contributed by atoms with Crippen LogP contribution in [0, 0.1) is 0 Å². The lowest BCUT2D eigenvalue weighted by atomic mass is 9.77. The summed E-state index contributed by atoms with van der Waals surface area (Å²) in [5, 5.41) is 21.2. The number of hydrogen-bond donors (Lipinski definition) is 2. The molecule has 4 rings (SSSR count). The zero-order valence-corrected chi connectivity index (χ0v) is 15.9. The van der Waals surface area contributed by atoms with E-state index >= 15 is 0 Å². The molecule has 1 aliphatic carbocycles. The van der Waals surface area contributed by atoms with Crippen LogP contribution in [0.1, 0.15) is 62.4 Å². The van der Waals surface area contributed by atoms with E-state index in [-0.39, 0.29) is 36.7 Å². The Morgan fingerprint density at radius 2 is 2.04 bits per heavy atom. The molecule has 0 aromatic carbocycles. The van der Waals surface area contributed by atoms with Gasteiger partial charge in [0.05, 0.1) is 25.1 Å². The number of carbonyl (C=O) groups excluding carboxylic acids is 2. The average Bonchev–Trinajstić information content (AvgIpc) is 3.17. The molecule has 9 heteroatoms. The topological polar surface area (TPSA) is 110 Å². The standard InChI is InChI=1S/C18H27N5O4/c1-12(2)19-16(25)15-21-20-13-9-27-18(11-23(13)15)6-7-22(10-18)14(24)8-17(26)4-3-5-17/h12,26H,3-11H2,1-2H3,(H,19,25). The van der Waals surface area contributed by atoms with Crippen LogP contribution in [-0.2, 0) is 22.7 Å². The van der Waals surface area contributed by atoms with Gasteiger partial charge in [0, 0.05) is 12.6 Å². The Kier molecular flexibility index (Phi) is 4.46. The third-order valence-electron chi connectivity index (χ3n) is 5.84. The van der Waals surface area contributed by atoms with Crippen LogP contribution in [-0.4, -0.2) is 66.9 Å². The zero-order chi connectivity index (χ0) is 19.2. The molecule has 1 saturated heterocycles. The SMILES string of the molecule is CC(C)NC(=O)c1nnc2n1CC1(CCN(C(=O)CC3(O)CCC3)C1)OC2. The fraction of sp³-hybridized carbons (Fsp3) is 0.778. The Hall–Kier alpha value is -2.00. The maximum Gasteiger partial charge on any atom is 0.289 e. The highest BCUT2D eigenvalue weighted by atomic mass is 16.5. The van der Waals surface area contributed by atoms with Crippen molar-refractivity contribution in [2.24, 2.45) is 0 Å². The molecular formula is C18H27N5O4. The summed E-state index contributed by atoms with van der Waals surface area (Å²) in [5.41, 5.74) is -1.34. The Morgan fingerprint density at radius 3 is 2.70 bits per heavy atom. The van der Waals surface area contributed by atoms with Gasteiger partial charge in [-0.3, -0.25) is 9.59 Å². The molecule has 1 aromatic rings. The van der Waals surface area contributed by atoms with E-state index in [1.54, 1.807) is 4.90 Å². The van der Waals surface area contributed by atoms with Gasteiger partial charge in [-0.05, 0) is 39.5 Å². The predicted octanol–water partition coefficient (Wildman–Crippen LogP) is 0.223. The van der Waals surface area contributed by atoms with Crippen molar-refractivity contribution < 1.29 is 19.4 Å². The number of rotatable bonds is 4. The molecule has 1 unspecified atom stereocenters. The molecule has 2 N–H and O–H groups in total. The van der Waals surface area contributed by atoms with Gasteiger partial charge in [-0.25, -0.2) is 0 Å². The minimum absolute atomic E-state index is 0.0103. The van der Waals surface area contributed by atoms with Gasteiger partial charge in [-0.1, -0.05) is 0 Å². The number of carbonyl (C=O) groups is 2. The van der Waals surface area contributed by atoms with Crippen LogP contribution in [0.5, 0.6) is 0 Å². The van der Waals surface area contributed by atoms with E-state index in [1.807, 2.05) is 18.4 Å². The van der Waals surface area contributed by atoms with Crippen LogP contribution >= 0.6 is 0 Å². The average molecular weight is 377 g/mol. The van der Waals surface area contributed by atoms with E-state index in [0.717, 1.165) is 6.42 Å². The van der Waals surface area contributed by atoms with Crippen molar-refractivity contribution in [1.82, 2.24) is 25.0 Å². The number of fused-ring (bicyclic) bond motifs is 1. The van der Waals surface area contributed by atoms with Crippen molar-refractivity contribution in [2.75, 3.05) is 13.1 Å². The number of nitrogens with zero attached hydrogens (tertiary/aromatic N) is 4. The molecule has 3 heterocycles. The molecule has 9 nitrogen and oxygen atoms in total. The maximum atomic E-state index is 12.6. The van der Waals surface area contributed by atoms with Crippen LogP contribution in [0.3, 0.4) is 0 Å². The number of ether oxygens (including phenoxy) is 1. The normalized spacial score (nSPS) is 26.1.